The maximum Gasteiger partial charge on any atom is 0.227 e. The topological polar surface area (TPSA) is 114 Å². The van der Waals surface area contributed by atoms with Crippen LogP contribution in [0.1, 0.15) is 38.3 Å². The van der Waals surface area contributed by atoms with Crippen LogP contribution < -0.4 is 16.4 Å². The van der Waals surface area contributed by atoms with Crippen molar-refractivity contribution in [1.29, 1.82) is 0 Å². The van der Waals surface area contributed by atoms with E-state index in [1.807, 2.05) is 37.5 Å². The van der Waals surface area contributed by atoms with Crippen LogP contribution in [0.2, 0.25) is 0 Å². The first-order valence-electron chi connectivity index (χ1n) is 9.69. The molecule has 0 saturated heterocycles. The minimum Gasteiger partial charge on any atom is -0.398 e. The summed E-state index contributed by atoms with van der Waals surface area (Å²) >= 11 is 0. The van der Waals surface area contributed by atoms with E-state index in [0.29, 0.717) is 23.8 Å². The van der Waals surface area contributed by atoms with Gasteiger partial charge in [-0.15, -0.1) is 0 Å². The normalized spacial score (nSPS) is 13.5. The van der Waals surface area contributed by atoms with Gasteiger partial charge in [-0.25, -0.2) is 4.98 Å². The summed E-state index contributed by atoms with van der Waals surface area (Å²) in [7, 11) is 0. The van der Waals surface area contributed by atoms with Crippen LogP contribution in [-0.4, -0.2) is 36.8 Å². The molecule has 0 aliphatic carbocycles. The Labute approximate surface area is 165 Å². The molecule has 0 radical (unpaired) electrons. The van der Waals surface area contributed by atoms with E-state index in [9.17, 15) is 5.11 Å². The monoisotopic (exact) mass is 383 g/mol. The third kappa shape index (κ3) is 4.17. The van der Waals surface area contributed by atoms with Gasteiger partial charge in [-0.1, -0.05) is 24.6 Å². The molecule has 2 aromatic heterocycles. The number of hydrogen-bond acceptors (Lipinski definition) is 7. The number of aliphatic hydroxyl groups is 1. The number of fused-ring (bicyclic) bond motifs is 1. The number of nitrogens with zero attached hydrogens (tertiary/aromatic N) is 4. The van der Waals surface area contributed by atoms with Gasteiger partial charge in [-0.2, -0.15) is 9.97 Å². The fourth-order valence-corrected chi connectivity index (χ4v) is 3.16. The SMILES string of the molecule is CCC(Nc1nc(NCc2cc(C)ccc2N)c2ncn(CC)c2n1)C(C)O. The maximum atomic E-state index is 9.96. The summed E-state index contributed by atoms with van der Waals surface area (Å²) in [6, 6.07) is 5.84. The second-order valence-electron chi connectivity index (χ2n) is 7.05. The van der Waals surface area contributed by atoms with E-state index in [4.69, 9.17) is 5.73 Å². The van der Waals surface area contributed by atoms with Crippen LogP contribution in [0.5, 0.6) is 0 Å². The number of rotatable bonds is 8. The van der Waals surface area contributed by atoms with Crippen LogP contribution in [0, 0.1) is 6.92 Å². The molecular weight excluding hydrogens is 354 g/mol. The van der Waals surface area contributed by atoms with Crippen LogP contribution in [0.15, 0.2) is 24.5 Å². The summed E-state index contributed by atoms with van der Waals surface area (Å²) in [6.07, 6.45) is 2.01. The Kier molecular flexibility index (Phi) is 5.99. The molecule has 0 spiro atoms. The molecule has 0 fully saturated rings. The quantitative estimate of drug-likeness (QED) is 0.442. The van der Waals surface area contributed by atoms with Crippen LogP contribution in [0.25, 0.3) is 11.2 Å². The fourth-order valence-electron chi connectivity index (χ4n) is 3.16. The lowest BCUT2D eigenvalue weighted by molar-refractivity contribution is 0.169. The summed E-state index contributed by atoms with van der Waals surface area (Å²) in [4.78, 5) is 13.7. The van der Waals surface area contributed by atoms with Gasteiger partial charge in [0.25, 0.3) is 0 Å². The van der Waals surface area contributed by atoms with Gasteiger partial charge in [-0.3, -0.25) is 0 Å². The molecule has 2 atom stereocenters. The lowest BCUT2D eigenvalue weighted by Gasteiger charge is -2.20. The zero-order valence-corrected chi connectivity index (χ0v) is 16.9. The van der Waals surface area contributed by atoms with E-state index in [-0.39, 0.29) is 6.04 Å². The molecule has 28 heavy (non-hydrogen) atoms. The van der Waals surface area contributed by atoms with Gasteiger partial charge in [0.2, 0.25) is 5.95 Å². The minimum atomic E-state index is -0.510. The van der Waals surface area contributed by atoms with Crippen molar-refractivity contribution in [1.82, 2.24) is 19.5 Å². The number of nitrogens with two attached hydrogens (primary N) is 1. The molecule has 3 aromatic rings. The first-order valence-corrected chi connectivity index (χ1v) is 9.69. The van der Waals surface area contributed by atoms with Gasteiger partial charge in [0.1, 0.15) is 0 Å². The lowest BCUT2D eigenvalue weighted by atomic mass is 10.1. The molecule has 8 nitrogen and oxygen atoms in total. The third-order valence-corrected chi connectivity index (χ3v) is 4.89. The minimum absolute atomic E-state index is 0.129. The summed E-state index contributed by atoms with van der Waals surface area (Å²) in [5.74, 6) is 1.11. The highest BCUT2D eigenvalue weighted by molar-refractivity contribution is 5.84. The molecule has 2 heterocycles. The van der Waals surface area contributed by atoms with E-state index in [1.165, 1.54) is 0 Å². The summed E-state index contributed by atoms with van der Waals surface area (Å²) < 4.78 is 1.97. The molecule has 0 amide bonds. The first-order chi connectivity index (χ1) is 13.4. The zero-order chi connectivity index (χ0) is 20.3. The molecule has 0 aliphatic heterocycles. The number of aryl methyl sites for hydroxylation is 2. The predicted molar refractivity (Wildman–Crippen MR) is 113 cm³/mol. The fraction of sp³-hybridized carbons (Fsp3) is 0.450. The zero-order valence-electron chi connectivity index (χ0n) is 16.9. The van der Waals surface area contributed by atoms with Gasteiger partial charge in [0.15, 0.2) is 17.0 Å². The van der Waals surface area contributed by atoms with Crippen molar-refractivity contribution in [3.63, 3.8) is 0 Å². The number of benzene rings is 1. The van der Waals surface area contributed by atoms with Gasteiger partial charge in [0.05, 0.1) is 18.5 Å². The van der Waals surface area contributed by atoms with Gasteiger partial charge in [-0.05, 0) is 38.8 Å². The molecule has 5 N–H and O–H groups in total. The number of imidazole rings is 1. The highest BCUT2D eigenvalue weighted by Crippen LogP contribution is 2.23. The average Bonchev–Trinajstić information content (AvgIpc) is 3.09. The molecule has 0 bridgehead atoms. The Hall–Kier alpha value is -2.87. The van der Waals surface area contributed by atoms with Gasteiger partial charge < -0.3 is 26.0 Å². The Morgan fingerprint density at radius 2 is 2.04 bits per heavy atom. The van der Waals surface area contributed by atoms with Crippen LogP contribution >= 0.6 is 0 Å². The standard InChI is InChI=1S/C20H29N7O/c1-5-16(13(4)28)24-20-25-18(17-19(26-20)27(6-2)11-23-17)22-10-14-9-12(3)7-8-15(14)21/h7-9,11,13,16,28H,5-6,10,21H2,1-4H3,(H2,22,24,25,26). The predicted octanol–water partition coefficient (Wildman–Crippen LogP) is 2.92. The van der Waals surface area contributed by atoms with Gasteiger partial charge in [0, 0.05) is 18.8 Å². The third-order valence-electron chi connectivity index (χ3n) is 4.89. The van der Waals surface area contributed by atoms with Crippen molar-refractivity contribution in [2.75, 3.05) is 16.4 Å². The van der Waals surface area contributed by atoms with Gasteiger partial charge >= 0.3 is 0 Å². The summed E-state index contributed by atoms with van der Waals surface area (Å²) in [6.45, 7) is 9.14. The number of nitrogens with one attached hydrogen (secondary N) is 2. The number of nitrogen functional groups attached to an aromatic ring is 1. The molecule has 0 aliphatic rings. The average molecular weight is 384 g/mol. The largest absolute Gasteiger partial charge is 0.398 e. The Morgan fingerprint density at radius 1 is 1.25 bits per heavy atom. The number of anilines is 3. The van der Waals surface area contributed by atoms with Crippen molar-refractivity contribution in [3.05, 3.63) is 35.7 Å². The highest BCUT2D eigenvalue weighted by Gasteiger charge is 2.17. The smallest absolute Gasteiger partial charge is 0.227 e. The molecule has 150 valence electrons. The van der Waals surface area contributed by atoms with E-state index in [1.54, 1.807) is 13.3 Å². The van der Waals surface area contributed by atoms with Crippen molar-refractivity contribution >= 4 is 28.6 Å². The van der Waals surface area contributed by atoms with E-state index < -0.39 is 6.10 Å². The molecular formula is C20H29N7O. The highest BCUT2D eigenvalue weighted by atomic mass is 16.3. The first kappa shape index (κ1) is 19.9. The van der Waals surface area contributed by atoms with E-state index in [0.717, 1.165) is 35.4 Å². The Bertz CT molecular complexity index is 951. The van der Waals surface area contributed by atoms with E-state index in [2.05, 4.69) is 31.7 Å². The van der Waals surface area contributed by atoms with E-state index >= 15 is 0 Å². The molecule has 2 unspecified atom stereocenters. The molecule has 8 heteroatoms. The summed E-state index contributed by atoms with van der Waals surface area (Å²) in [5, 5.41) is 16.6. The molecule has 1 aromatic carbocycles. The Morgan fingerprint density at radius 3 is 2.71 bits per heavy atom. The van der Waals surface area contributed by atoms with Crippen molar-refractivity contribution in [2.24, 2.45) is 0 Å². The number of aromatic nitrogens is 4. The summed E-state index contributed by atoms with van der Waals surface area (Å²) in [5.41, 5.74) is 10.5. The second kappa shape index (κ2) is 8.43. The molecule has 3 rings (SSSR count). The maximum absolute atomic E-state index is 9.96. The number of hydrogen-bond donors (Lipinski definition) is 4. The van der Waals surface area contributed by atoms with Crippen molar-refractivity contribution in [3.8, 4) is 0 Å². The lowest BCUT2D eigenvalue weighted by Crippen LogP contribution is -2.31. The van der Waals surface area contributed by atoms with Crippen molar-refractivity contribution < 1.29 is 5.11 Å². The van der Waals surface area contributed by atoms with Crippen molar-refractivity contribution in [2.45, 2.75) is 59.4 Å². The second-order valence-corrected chi connectivity index (χ2v) is 7.05. The van der Waals surface area contributed by atoms with Crippen LogP contribution in [-0.2, 0) is 13.1 Å². The molecule has 0 saturated carbocycles. The van der Waals surface area contributed by atoms with Crippen LogP contribution in [0.3, 0.4) is 0 Å². The Balaban J connectivity index is 1.95. The number of aliphatic hydroxyl groups excluding tert-OH is 1. The van der Waals surface area contributed by atoms with Crippen LogP contribution in [0.4, 0.5) is 17.5 Å².